The molecule has 5 nitrogen and oxygen atoms in total. The van der Waals surface area contributed by atoms with Gasteiger partial charge in [0.25, 0.3) is 0 Å². The summed E-state index contributed by atoms with van der Waals surface area (Å²) < 4.78 is 0. The number of aliphatic carboxylic acids is 1. The van der Waals surface area contributed by atoms with Crippen LogP contribution in [0.4, 0.5) is 0 Å². The van der Waals surface area contributed by atoms with E-state index in [1.54, 1.807) is 0 Å². The lowest BCUT2D eigenvalue weighted by Gasteiger charge is -2.39. The standard InChI is InChI=1S/C12H22N2O3/c1-9-5-3-4-6-12(9,11(16)17)14-8-7-13-10(2)15/h9,14H,3-8H2,1-2H3,(H,13,15)(H,16,17). The molecule has 2 unspecified atom stereocenters. The van der Waals surface area contributed by atoms with Crippen LogP contribution in [0, 0.1) is 5.92 Å². The van der Waals surface area contributed by atoms with Gasteiger partial charge < -0.3 is 10.4 Å². The maximum Gasteiger partial charge on any atom is 0.324 e. The summed E-state index contributed by atoms with van der Waals surface area (Å²) in [6.45, 7) is 4.40. The van der Waals surface area contributed by atoms with Crippen LogP contribution >= 0.6 is 0 Å². The lowest BCUT2D eigenvalue weighted by molar-refractivity contribution is -0.148. The van der Waals surface area contributed by atoms with E-state index in [9.17, 15) is 14.7 Å². The number of nitrogens with one attached hydrogen (secondary N) is 2. The van der Waals surface area contributed by atoms with Gasteiger partial charge in [-0.15, -0.1) is 0 Å². The predicted molar refractivity (Wildman–Crippen MR) is 64.7 cm³/mol. The molecule has 1 aliphatic rings. The van der Waals surface area contributed by atoms with Crippen LogP contribution in [-0.4, -0.2) is 35.6 Å². The fraction of sp³-hybridized carbons (Fsp3) is 0.833. The van der Waals surface area contributed by atoms with Gasteiger partial charge >= 0.3 is 5.97 Å². The van der Waals surface area contributed by atoms with Crippen LogP contribution in [0.1, 0.15) is 39.5 Å². The predicted octanol–water partition coefficient (Wildman–Crippen LogP) is 0.746. The normalized spacial score (nSPS) is 28.7. The molecule has 0 aliphatic heterocycles. The molecule has 1 aliphatic carbocycles. The number of hydrogen-bond donors (Lipinski definition) is 3. The Labute approximate surface area is 102 Å². The number of hydrogen-bond acceptors (Lipinski definition) is 3. The SMILES string of the molecule is CC(=O)NCCNC1(C(=O)O)CCCCC1C. The van der Waals surface area contributed by atoms with Gasteiger partial charge in [0.2, 0.25) is 5.91 Å². The molecule has 0 bridgehead atoms. The van der Waals surface area contributed by atoms with Crippen molar-refractivity contribution in [1.82, 2.24) is 10.6 Å². The first-order chi connectivity index (χ1) is 7.99. The molecular formula is C12H22N2O3. The Balaban J connectivity index is 2.53. The lowest BCUT2D eigenvalue weighted by Crippen LogP contribution is -2.59. The van der Waals surface area contributed by atoms with Crippen molar-refractivity contribution in [2.45, 2.75) is 45.1 Å². The van der Waals surface area contributed by atoms with E-state index >= 15 is 0 Å². The van der Waals surface area contributed by atoms with E-state index < -0.39 is 11.5 Å². The third kappa shape index (κ3) is 3.43. The maximum absolute atomic E-state index is 11.5. The second-order valence-electron chi connectivity index (χ2n) is 4.83. The van der Waals surface area contributed by atoms with Crippen LogP contribution in [0.5, 0.6) is 0 Å². The Kier molecular flexibility index (Phi) is 4.93. The van der Waals surface area contributed by atoms with Gasteiger partial charge in [-0.2, -0.15) is 0 Å². The van der Waals surface area contributed by atoms with Gasteiger partial charge in [0.15, 0.2) is 0 Å². The molecule has 1 fully saturated rings. The molecule has 0 spiro atoms. The number of carboxylic acids is 1. The third-order valence-corrected chi connectivity index (χ3v) is 3.62. The van der Waals surface area contributed by atoms with Crippen LogP contribution in [-0.2, 0) is 9.59 Å². The Morgan fingerprint density at radius 1 is 1.35 bits per heavy atom. The highest BCUT2D eigenvalue weighted by atomic mass is 16.4. The highest BCUT2D eigenvalue weighted by molar-refractivity contribution is 5.79. The van der Waals surface area contributed by atoms with Gasteiger partial charge in [-0.05, 0) is 18.8 Å². The number of rotatable bonds is 5. The summed E-state index contributed by atoms with van der Waals surface area (Å²) in [7, 11) is 0. The zero-order valence-corrected chi connectivity index (χ0v) is 10.6. The molecule has 0 aromatic rings. The summed E-state index contributed by atoms with van der Waals surface area (Å²) in [5.74, 6) is -0.730. The highest BCUT2D eigenvalue weighted by Gasteiger charge is 2.44. The molecule has 0 aromatic heterocycles. The molecule has 1 rings (SSSR count). The minimum Gasteiger partial charge on any atom is -0.480 e. The molecule has 0 radical (unpaired) electrons. The zero-order valence-electron chi connectivity index (χ0n) is 10.6. The third-order valence-electron chi connectivity index (χ3n) is 3.62. The fourth-order valence-corrected chi connectivity index (χ4v) is 2.53. The lowest BCUT2D eigenvalue weighted by atomic mass is 9.73. The van der Waals surface area contributed by atoms with E-state index in [0.717, 1.165) is 19.3 Å². The summed E-state index contributed by atoms with van der Waals surface area (Å²) >= 11 is 0. The van der Waals surface area contributed by atoms with E-state index in [1.807, 2.05) is 6.92 Å². The molecule has 1 saturated carbocycles. The van der Waals surface area contributed by atoms with Crippen molar-refractivity contribution in [3.63, 3.8) is 0 Å². The van der Waals surface area contributed by atoms with E-state index in [2.05, 4.69) is 10.6 Å². The molecule has 98 valence electrons. The number of carbonyl (C=O) groups excluding carboxylic acids is 1. The Morgan fingerprint density at radius 2 is 2.06 bits per heavy atom. The monoisotopic (exact) mass is 242 g/mol. The summed E-state index contributed by atoms with van der Waals surface area (Å²) in [5, 5.41) is 15.2. The summed E-state index contributed by atoms with van der Waals surface area (Å²) in [6, 6.07) is 0. The van der Waals surface area contributed by atoms with Crippen molar-refractivity contribution < 1.29 is 14.7 Å². The molecule has 5 heteroatoms. The molecule has 0 saturated heterocycles. The first kappa shape index (κ1) is 14.0. The van der Waals surface area contributed by atoms with E-state index in [1.165, 1.54) is 6.92 Å². The van der Waals surface area contributed by atoms with E-state index in [0.29, 0.717) is 19.5 Å². The first-order valence-electron chi connectivity index (χ1n) is 6.22. The highest BCUT2D eigenvalue weighted by Crippen LogP contribution is 2.33. The largest absolute Gasteiger partial charge is 0.480 e. The van der Waals surface area contributed by atoms with Crippen LogP contribution in [0.15, 0.2) is 0 Å². The topological polar surface area (TPSA) is 78.4 Å². The smallest absolute Gasteiger partial charge is 0.324 e. The van der Waals surface area contributed by atoms with E-state index in [4.69, 9.17) is 0 Å². The van der Waals surface area contributed by atoms with Crippen molar-refractivity contribution in [2.75, 3.05) is 13.1 Å². The Morgan fingerprint density at radius 3 is 2.59 bits per heavy atom. The van der Waals surface area contributed by atoms with Crippen molar-refractivity contribution in [1.29, 1.82) is 0 Å². The van der Waals surface area contributed by atoms with Gasteiger partial charge in [-0.3, -0.25) is 14.9 Å². The van der Waals surface area contributed by atoms with Gasteiger partial charge in [0, 0.05) is 20.0 Å². The van der Waals surface area contributed by atoms with Gasteiger partial charge in [0.1, 0.15) is 5.54 Å². The molecule has 0 heterocycles. The van der Waals surface area contributed by atoms with Gasteiger partial charge in [-0.25, -0.2) is 0 Å². The van der Waals surface area contributed by atoms with E-state index in [-0.39, 0.29) is 11.8 Å². The molecule has 1 amide bonds. The quantitative estimate of drug-likeness (QED) is 0.621. The summed E-state index contributed by atoms with van der Waals surface area (Å²) in [6.07, 6.45) is 3.66. The van der Waals surface area contributed by atoms with Crippen LogP contribution in [0.25, 0.3) is 0 Å². The first-order valence-corrected chi connectivity index (χ1v) is 6.22. The molecule has 0 aromatic carbocycles. The molecular weight excluding hydrogens is 220 g/mol. The molecule has 17 heavy (non-hydrogen) atoms. The number of carboxylic acid groups (broad SMARTS) is 1. The average Bonchev–Trinajstić information content (AvgIpc) is 2.26. The fourth-order valence-electron chi connectivity index (χ4n) is 2.53. The summed E-state index contributed by atoms with van der Waals surface area (Å²) in [5.41, 5.74) is -0.809. The zero-order chi connectivity index (χ0) is 12.9. The van der Waals surface area contributed by atoms with Gasteiger partial charge in [-0.1, -0.05) is 19.8 Å². The van der Waals surface area contributed by atoms with Crippen molar-refractivity contribution in [2.24, 2.45) is 5.92 Å². The van der Waals surface area contributed by atoms with Crippen LogP contribution in [0.2, 0.25) is 0 Å². The minimum atomic E-state index is -0.809. The Bertz CT molecular complexity index is 293. The van der Waals surface area contributed by atoms with Crippen molar-refractivity contribution in [3.8, 4) is 0 Å². The van der Waals surface area contributed by atoms with Crippen LogP contribution < -0.4 is 10.6 Å². The molecule has 3 N–H and O–H groups in total. The second kappa shape index (κ2) is 6.00. The summed E-state index contributed by atoms with van der Waals surface area (Å²) in [4.78, 5) is 22.2. The maximum atomic E-state index is 11.5. The van der Waals surface area contributed by atoms with Crippen molar-refractivity contribution in [3.05, 3.63) is 0 Å². The average molecular weight is 242 g/mol. The number of carbonyl (C=O) groups is 2. The molecule has 2 atom stereocenters. The van der Waals surface area contributed by atoms with Gasteiger partial charge in [0.05, 0.1) is 0 Å². The second-order valence-corrected chi connectivity index (χ2v) is 4.83. The Hall–Kier alpha value is -1.10. The van der Waals surface area contributed by atoms with Crippen LogP contribution in [0.3, 0.4) is 0 Å². The number of amides is 1. The van der Waals surface area contributed by atoms with Crippen molar-refractivity contribution >= 4 is 11.9 Å². The minimum absolute atomic E-state index is 0.0899.